The van der Waals surface area contributed by atoms with Crippen molar-refractivity contribution in [2.24, 2.45) is 23.5 Å². The van der Waals surface area contributed by atoms with Crippen molar-refractivity contribution in [3.63, 3.8) is 0 Å². The maximum atomic E-state index is 12.3. The molecule has 0 saturated heterocycles. The van der Waals surface area contributed by atoms with Crippen LogP contribution in [0.1, 0.15) is 19.3 Å². The topological polar surface area (TPSA) is 46.3 Å². The molecule has 0 aromatic carbocycles. The summed E-state index contributed by atoms with van der Waals surface area (Å²) in [6.45, 7) is 0.0227. The van der Waals surface area contributed by atoms with Gasteiger partial charge < -0.3 is 10.6 Å². The van der Waals surface area contributed by atoms with Crippen molar-refractivity contribution in [1.82, 2.24) is 4.90 Å². The van der Waals surface area contributed by atoms with Gasteiger partial charge >= 0.3 is 0 Å². The molecule has 0 aromatic heterocycles. The maximum Gasteiger partial charge on any atom is 0.255 e. The lowest BCUT2D eigenvalue weighted by Crippen LogP contribution is -2.41. The molecule has 2 fully saturated rings. The predicted octanol–water partition coefficient (Wildman–Crippen LogP) is 1.08. The zero-order chi connectivity index (χ0) is 11.7. The van der Waals surface area contributed by atoms with Crippen molar-refractivity contribution in [3.8, 4) is 0 Å². The Bertz CT molecular complexity index is 263. The lowest BCUT2D eigenvalue weighted by Gasteiger charge is -2.25. The average Bonchev–Trinajstić information content (AvgIpc) is 2.83. The molecular weight excluding hydrogens is 214 g/mol. The van der Waals surface area contributed by atoms with E-state index in [0.29, 0.717) is 11.8 Å². The van der Waals surface area contributed by atoms with Gasteiger partial charge in [-0.15, -0.1) is 0 Å². The monoisotopic (exact) mass is 232 g/mol. The van der Waals surface area contributed by atoms with Crippen LogP contribution in [0.3, 0.4) is 0 Å². The Balaban J connectivity index is 1.88. The van der Waals surface area contributed by atoms with Gasteiger partial charge in [-0.1, -0.05) is 0 Å². The van der Waals surface area contributed by atoms with E-state index in [-0.39, 0.29) is 24.9 Å². The SMILES string of the molecule is NCCN(CC(F)F)C(=O)C1CC2CC2C1. The zero-order valence-corrected chi connectivity index (χ0v) is 9.24. The van der Waals surface area contributed by atoms with E-state index in [4.69, 9.17) is 5.73 Å². The molecule has 3 nitrogen and oxygen atoms in total. The minimum atomic E-state index is -2.47. The number of alkyl halides is 2. The molecule has 2 atom stereocenters. The third kappa shape index (κ3) is 2.51. The number of carbonyl (C=O) groups excluding carboxylic acids is 1. The first-order valence-electron chi connectivity index (χ1n) is 5.88. The van der Waals surface area contributed by atoms with Crippen molar-refractivity contribution in [1.29, 1.82) is 0 Å². The summed E-state index contributed by atoms with van der Waals surface area (Å²) in [7, 11) is 0. The summed E-state index contributed by atoms with van der Waals surface area (Å²) in [6.07, 6.45) is 0.559. The van der Waals surface area contributed by atoms with E-state index < -0.39 is 13.0 Å². The van der Waals surface area contributed by atoms with Crippen molar-refractivity contribution in [2.75, 3.05) is 19.6 Å². The molecule has 0 spiro atoms. The van der Waals surface area contributed by atoms with Gasteiger partial charge in [0.1, 0.15) is 0 Å². The highest BCUT2D eigenvalue weighted by atomic mass is 19.3. The number of nitrogens with two attached hydrogens (primary N) is 1. The van der Waals surface area contributed by atoms with Crippen molar-refractivity contribution < 1.29 is 13.6 Å². The molecule has 0 aromatic rings. The molecule has 2 unspecified atom stereocenters. The molecule has 0 aliphatic heterocycles. The fourth-order valence-electron chi connectivity index (χ4n) is 2.79. The maximum absolute atomic E-state index is 12.3. The highest BCUT2D eigenvalue weighted by molar-refractivity contribution is 5.79. The van der Waals surface area contributed by atoms with Crippen LogP contribution in [0.25, 0.3) is 0 Å². The number of fused-ring (bicyclic) bond motifs is 1. The summed E-state index contributed by atoms with van der Waals surface area (Å²) in [5.74, 6) is 1.26. The van der Waals surface area contributed by atoms with E-state index in [1.165, 1.54) is 11.3 Å². The normalized spacial score (nSPS) is 31.6. The molecule has 16 heavy (non-hydrogen) atoms. The molecule has 0 radical (unpaired) electrons. The molecule has 5 heteroatoms. The second-order valence-electron chi connectivity index (χ2n) is 4.89. The van der Waals surface area contributed by atoms with Crippen LogP contribution in [0.2, 0.25) is 0 Å². The fraction of sp³-hybridized carbons (Fsp3) is 0.909. The molecule has 2 aliphatic rings. The Kier molecular flexibility index (Phi) is 3.42. The van der Waals surface area contributed by atoms with E-state index in [0.717, 1.165) is 12.8 Å². The highest BCUT2D eigenvalue weighted by Crippen LogP contribution is 2.54. The molecule has 1 amide bonds. The van der Waals surface area contributed by atoms with Gasteiger partial charge in [-0.3, -0.25) is 4.79 Å². The van der Waals surface area contributed by atoms with Gasteiger partial charge in [0, 0.05) is 19.0 Å². The number of hydrogen-bond acceptors (Lipinski definition) is 2. The van der Waals surface area contributed by atoms with Crippen LogP contribution < -0.4 is 5.73 Å². The van der Waals surface area contributed by atoms with E-state index >= 15 is 0 Å². The molecule has 0 bridgehead atoms. The molecule has 2 saturated carbocycles. The number of halogens is 2. The summed E-state index contributed by atoms with van der Waals surface area (Å²) in [5, 5.41) is 0. The standard InChI is InChI=1S/C11H18F2N2O/c12-10(13)6-15(2-1-14)11(16)9-4-7-3-8(7)5-9/h7-10H,1-6,14H2. The molecule has 0 heterocycles. The summed E-state index contributed by atoms with van der Waals surface area (Å²) >= 11 is 0. The number of hydrogen-bond donors (Lipinski definition) is 1. The van der Waals surface area contributed by atoms with Gasteiger partial charge in [0.05, 0.1) is 6.54 Å². The van der Waals surface area contributed by atoms with Gasteiger partial charge in [0.2, 0.25) is 5.91 Å². The Morgan fingerprint density at radius 2 is 1.94 bits per heavy atom. The Hall–Kier alpha value is -0.710. The first-order valence-corrected chi connectivity index (χ1v) is 5.88. The molecule has 92 valence electrons. The highest BCUT2D eigenvalue weighted by Gasteiger charge is 2.48. The smallest absolute Gasteiger partial charge is 0.255 e. The number of rotatable bonds is 5. The first-order chi connectivity index (χ1) is 7.61. The average molecular weight is 232 g/mol. The number of carbonyl (C=O) groups is 1. The Morgan fingerprint density at radius 1 is 1.31 bits per heavy atom. The van der Waals surface area contributed by atoms with Crippen molar-refractivity contribution in [3.05, 3.63) is 0 Å². The van der Waals surface area contributed by atoms with E-state index in [1.54, 1.807) is 0 Å². The van der Waals surface area contributed by atoms with Crippen LogP contribution >= 0.6 is 0 Å². The Morgan fingerprint density at radius 3 is 2.44 bits per heavy atom. The lowest BCUT2D eigenvalue weighted by atomic mass is 10.0. The van der Waals surface area contributed by atoms with E-state index in [1.807, 2.05) is 0 Å². The third-order valence-electron chi connectivity index (χ3n) is 3.66. The fourth-order valence-corrected chi connectivity index (χ4v) is 2.79. The molecule has 2 aliphatic carbocycles. The summed E-state index contributed by atoms with van der Waals surface area (Å²) in [6, 6.07) is 0. The van der Waals surface area contributed by atoms with Crippen LogP contribution in [0.15, 0.2) is 0 Å². The van der Waals surface area contributed by atoms with Crippen LogP contribution in [-0.2, 0) is 4.79 Å². The Labute approximate surface area is 94.0 Å². The molecular formula is C11H18F2N2O. The first kappa shape index (κ1) is 11.8. The van der Waals surface area contributed by atoms with Crippen LogP contribution in [-0.4, -0.2) is 36.9 Å². The largest absolute Gasteiger partial charge is 0.335 e. The summed E-state index contributed by atoms with van der Waals surface area (Å²) in [5.41, 5.74) is 5.34. The van der Waals surface area contributed by atoms with Gasteiger partial charge in [-0.05, 0) is 31.1 Å². The van der Waals surface area contributed by atoms with Crippen LogP contribution in [0.4, 0.5) is 8.78 Å². The third-order valence-corrected chi connectivity index (χ3v) is 3.66. The quantitative estimate of drug-likeness (QED) is 0.771. The summed E-state index contributed by atoms with van der Waals surface area (Å²) < 4.78 is 24.6. The second-order valence-corrected chi connectivity index (χ2v) is 4.89. The van der Waals surface area contributed by atoms with Gasteiger partial charge in [0.25, 0.3) is 6.43 Å². The minimum absolute atomic E-state index is 0.0194. The van der Waals surface area contributed by atoms with E-state index in [2.05, 4.69) is 0 Å². The molecule has 2 N–H and O–H groups in total. The van der Waals surface area contributed by atoms with Crippen molar-refractivity contribution >= 4 is 5.91 Å². The minimum Gasteiger partial charge on any atom is -0.335 e. The second kappa shape index (κ2) is 4.65. The number of nitrogens with zero attached hydrogens (tertiary/aromatic N) is 1. The van der Waals surface area contributed by atoms with Gasteiger partial charge in [-0.2, -0.15) is 0 Å². The predicted molar refractivity (Wildman–Crippen MR) is 56.0 cm³/mol. The van der Waals surface area contributed by atoms with Crippen molar-refractivity contribution in [2.45, 2.75) is 25.7 Å². The van der Waals surface area contributed by atoms with Gasteiger partial charge in [0.15, 0.2) is 0 Å². The van der Waals surface area contributed by atoms with Crippen LogP contribution in [0, 0.1) is 17.8 Å². The lowest BCUT2D eigenvalue weighted by molar-refractivity contribution is -0.137. The summed E-state index contributed by atoms with van der Waals surface area (Å²) in [4.78, 5) is 13.2. The molecule has 2 rings (SSSR count). The van der Waals surface area contributed by atoms with Gasteiger partial charge in [-0.25, -0.2) is 8.78 Å². The van der Waals surface area contributed by atoms with E-state index in [9.17, 15) is 13.6 Å². The zero-order valence-electron chi connectivity index (χ0n) is 9.24. The van der Waals surface area contributed by atoms with Crippen LogP contribution in [0.5, 0.6) is 0 Å². The number of amides is 1.